The van der Waals surface area contributed by atoms with Crippen LogP contribution in [0.4, 0.5) is 0 Å². The molecule has 0 aliphatic carbocycles. The molecule has 7 atom stereocenters. The molecule has 9 nitrogen and oxygen atoms in total. The smallest absolute Gasteiger partial charge is 0.220 e. The molecule has 9 heteroatoms. The van der Waals surface area contributed by atoms with Gasteiger partial charge in [-0.1, -0.05) is 263 Å². The third kappa shape index (κ3) is 46.6. The fourth-order valence-electron chi connectivity index (χ4n) is 9.20. The number of ether oxygens (including phenoxy) is 2. The highest BCUT2D eigenvalue weighted by atomic mass is 16.7. The molecule has 7 unspecified atom stereocenters. The summed E-state index contributed by atoms with van der Waals surface area (Å²) in [6, 6.07) is -0.841. The molecule has 1 rings (SSSR count). The molecule has 0 aromatic heterocycles. The van der Waals surface area contributed by atoms with Crippen LogP contribution in [-0.2, 0) is 14.3 Å². The van der Waals surface area contributed by atoms with Gasteiger partial charge in [-0.25, -0.2) is 0 Å². The number of hydrogen-bond acceptors (Lipinski definition) is 8. The van der Waals surface area contributed by atoms with E-state index in [9.17, 15) is 30.3 Å². The Bertz CT molecular complexity index is 1700. The predicted molar refractivity (Wildman–Crippen MR) is 336 cm³/mol. The summed E-state index contributed by atoms with van der Waals surface area (Å²) in [6.45, 7) is 3.64. The van der Waals surface area contributed by atoms with Crippen LogP contribution in [0.5, 0.6) is 0 Å². The van der Waals surface area contributed by atoms with E-state index >= 15 is 0 Å². The number of carbonyl (C=O) groups is 1. The van der Waals surface area contributed by atoms with Gasteiger partial charge >= 0.3 is 0 Å². The van der Waals surface area contributed by atoms with E-state index in [-0.39, 0.29) is 12.5 Å². The van der Waals surface area contributed by atoms with E-state index < -0.39 is 49.5 Å². The van der Waals surface area contributed by atoms with Crippen molar-refractivity contribution in [2.45, 2.75) is 288 Å². The fraction of sp³-hybridized carbons (Fsp3) is 0.671. The quantitative estimate of drug-likeness (QED) is 0.0261. The van der Waals surface area contributed by atoms with Crippen molar-refractivity contribution in [1.82, 2.24) is 5.32 Å². The third-order valence-electron chi connectivity index (χ3n) is 14.2. The summed E-state index contributed by atoms with van der Waals surface area (Å²) in [7, 11) is 0. The molecular formula is C70H117NO8. The molecule has 0 bridgehead atoms. The Hall–Kier alpha value is -3.67. The molecule has 0 radical (unpaired) electrons. The van der Waals surface area contributed by atoms with Crippen LogP contribution in [0.2, 0.25) is 0 Å². The van der Waals surface area contributed by atoms with Crippen molar-refractivity contribution in [2.24, 2.45) is 0 Å². The second kappa shape index (κ2) is 57.6. The first-order valence-corrected chi connectivity index (χ1v) is 31.9. The van der Waals surface area contributed by atoms with Crippen LogP contribution >= 0.6 is 0 Å². The largest absolute Gasteiger partial charge is 0.394 e. The Morgan fingerprint density at radius 2 is 0.797 bits per heavy atom. The first-order valence-electron chi connectivity index (χ1n) is 31.9. The van der Waals surface area contributed by atoms with Crippen LogP contribution in [0.15, 0.2) is 134 Å². The van der Waals surface area contributed by atoms with Gasteiger partial charge in [0.15, 0.2) is 6.29 Å². The molecule has 1 aliphatic heterocycles. The summed E-state index contributed by atoms with van der Waals surface area (Å²) in [5, 5.41) is 54.6. The van der Waals surface area contributed by atoms with Crippen LogP contribution in [0.1, 0.15) is 245 Å². The lowest BCUT2D eigenvalue weighted by atomic mass is 9.99. The lowest BCUT2D eigenvalue weighted by molar-refractivity contribution is -0.302. The summed E-state index contributed by atoms with van der Waals surface area (Å²) in [4.78, 5) is 13.1. The molecule has 0 spiro atoms. The third-order valence-corrected chi connectivity index (χ3v) is 14.2. The Labute approximate surface area is 483 Å². The molecule has 0 aromatic carbocycles. The zero-order valence-corrected chi connectivity index (χ0v) is 50.1. The normalized spacial score (nSPS) is 19.5. The van der Waals surface area contributed by atoms with Gasteiger partial charge in [0, 0.05) is 6.42 Å². The highest BCUT2D eigenvalue weighted by Crippen LogP contribution is 2.23. The molecule has 1 saturated heterocycles. The maximum atomic E-state index is 13.1. The summed E-state index contributed by atoms with van der Waals surface area (Å²) in [5.74, 6) is -0.200. The monoisotopic (exact) mass is 1100 g/mol. The van der Waals surface area contributed by atoms with Crippen LogP contribution in [0, 0.1) is 0 Å². The molecule has 1 fully saturated rings. The summed E-state index contributed by atoms with van der Waals surface area (Å²) >= 11 is 0. The zero-order valence-electron chi connectivity index (χ0n) is 50.1. The van der Waals surface area contributed by atoms with Crippen molar-refractivity contribution in [2.75, 3.05) is 13.2 Å². The van der Waals surface area contributed by atoms with Gasteiger partial charge in [-0.05, 0) is 109 Å². The van der Waals surface area contributed by atoms with E-state index in [1.165, 1.54) is 109 Å². The van der Waals surface area contributed by atoms with E-state index in [0.717, 1.165) is 116 Å². The maximum absolute atomic E-state index is 13.1. The number of carbonyl (C=O) groups excluding carboxylic acids is 1. The number of rotatable bonds is 53. The van der Waals surface area contributed by atoms with Gasteiger partial charge in [0.2, 0.25) is 5.91 Å². The van der Waals surface area contributed by atoms with Gasteiger partial charge in [0.25, 0.3) is 0 Å². The number of unbranched alkanes of at least 4 members (excludes halogenated alkanes) is 23. The SMILES string of the molecule is CC/C=C\C/C=C\C/C=C\C/C=C\C/C=C\C/C=C\C/C=C\C/C=C\CCCCCCCCCCCCC(=O)NC(COC1OC(CO)C(O)C(O)C1O)C(O)/C=C/CC/C=C/CC/C=C/CCCCCCCCCCCCC. The second-order valence-electron chi connectivity index (χ2n) is 21.4. The van der Waals surface area contributed by atoms with Crippen molar-refractivity contribution >= 4 is 5.91 Å². The van der Waals surface area contributed by atoms with Crippen molar-refractivity contribution in [3.05, 3.63) is 134 Å². The minimum absolute atomic E-state index is 0.200. The second-order valence-corrected chi connectivity index (χ2v) is 21.4. The summed E-state index contributed by atoms with van der Waals surface area (Å²) in [5.41, 5.74) is 0. The van der Waals surface area contributed by atoms with Crippen LogP contribution in [0.3, 0.4) is 0 Å². The molecule has 6 N–H and O–H groups in total. The molecule has 0 saturated carbocycles. The Kier molecular flexibility index (Phi) is 53.4. The highest BCUT2D eigenvalue weighted by Gasteiger charge is 2.44. The van der Waals surface area contributed by atoms with Gasteiger partial charge in [-0.15, -0.1) is 0 Å². The number of allylic oxidation sites excluding steroid dienone is 21. The number of aliphatic hydroxyl groups excluding tert-OH is 5. The summed E-state index contributed by atoms with van der Waals surface area (Å²) < 4.78 is 11.3. The van der Waals surface area contributed by atoms with Gasteiger partial charge in [-0.2, -0.15) is 0 Å². The van der Waals surface area contributed by atoms with E-state index in [1.807, 2.05) is 6.08 Å². The lowest BCUT2D eigenvalue weighted by Crippen LogP contribution is -2.60. The van der Waals surface area contributed by atoms with E-state index in [1.54, 1.807) is 6.08 Å². The molecule has 1 heterocycles. The minimum atomic E-state index is -1.58. The zero-order chi connectivity index (χ0) is 57.2. The first-order chi connectivity index (χ1) is 38.8. The highest BCUT2D eigenvalue weighted by molar-refractivity contribution is 5.76. The van der Waals surface area contributed by atoms with Crippen molar-refractivity contribution in [1.29, 1.82) is 0 Å². The van der Waals surface area contributed by atoms with Crippen molar-refractivity contribution in [3.8, 4) is 0 Å². The topological polar surface area (TPSA) is 149 Å². The first kappa shape index (κ1) is 73.3. The molecule has 450 valence electrons. The van der Waals surface area contributed by atoms with Crippen molar-refractivity contribution < 1.29 is 39.8 Å². The Morgan fingerprint density at radius 3 is 1.22 bits per heavy atom. The van der Waals surface area contributed by atoms with Crippen LogP contribution < -0.4 is 5.32 Å². The van der Waals surface area contributed by atoms with E-state index in [0.29, 0.717) is 6.42 Å². The molecule has 79 heavy (non-hydrogen) atoms. The minimum Gasteiger partial charge on any atom is -0.394 e. The predicted octanol–water partition coefficient (Wildman–Crippen LogP) is 16.9. The fourth-order valence-corrected chi connectivity index (χ4v) is 9.20. The van der Waals surface area contributed by atoms with Crippen molar-refractivity contribution in [3.63, 3.8) is 0 Å². The average Bonchev–Trinajstić information content (AvgIpc) is 3.47. The Morgan fingerprint density at radius 1 is 0.443 bits per heavy atom. The molecule has 1 aliphatic rings. The number of hydrogen-bond donors (Lipinski definition) is 6. The van der Waals surface area contributed by atoms with E-state index in [2.05, 4.69) is 141 Å². The van der Waals surface area contributed by atoms with E-state index in [4.69, 9.17) is 9.47 Å². The molecule has 0 aromatic rings. The summed E-state index contributed by atoms with van der Waals surface area (Å²) in [6.07, 6.45) is 81.0. The molecular weight excluding hydrogens is 983 g/mol. The molecule has 1 amide bonds. The van der Waals surface area contributed by atoms with Gasteiger partial charge < -0.3 is 40.3 Å². The average molecular weight is 1100 g/mol. The standard InChI is InChI=1S/C70H117NO8/c1-3-5-7-9-11-13-15-17-19-21-23-25-26-27-28-29-30-31-32-33-34-35-36-37-38-40-42-44-46-48-50-52-54-56-58-60-66(74)71-63(62-78-70-69(77)68(76)67(75)65(61-72)79-70)64(73)59-57-55-53-51-49-47-45-43-41-39-24-22-20-18-16-14-12-10-8-6-4-2/h5,7,11,13,17,19,23,25,27-28,30-31,33-34,36-37,41,43,49,51,57,59,63-65,67-70,72-73,75-77H,3-4,6,8-10,12,14-16,18,20-22,24,26,29,32,35,38-40,42,44-48,50,52-56,58,60-62H2,1-2H3,(H,71,74)/b7-5-,13-11-,19-17-,25-23-,28-27-,31-30-,34-33-,37-36-,43-41+,51-49+,59-57+. The van der Waals surface area contributed by atoms with Crippen LogP contribution in [0.25, 0.3) is 0 Å². The van der Waals surface area contributed by atoms with Gasteiger partial charge in [0.05, 0.1) is 25.4 Å². The van der Waals surface area contributed by atoms with Crippen LogP contribution in [-0.4, -0.2) is 87.5 Å². The van der Waals surface area contributed by atoms with Gasteiger partial charge in [0.1, 0.15) is 24.4 Å². The lowest BCUT2D eigenvalue weighted by Gasteiger charge is -2.40. The Balaban J connectivity index is 2.21. The number of nitrogens with one attached hydrogen (secondary N) is 1. The number of amides is 1. The van der Waals surface area contributed by atoms with Gasteiger partial charge in [-0.3, -0.25) is 4.79 Å². The maximum Gasteiger partial charge on any atom is 0.220 e. The number of aliphatic hydroxyl groups is 5.